The van der Waals surface area contributed by atoms with E-state index in [1.54, 1.807) is 6.33 Å². The van der Waals surface area contributed by atoms with E-state index in [0.29, 0.717) is 30.1 Å². The Kier molecular flexibility index (Phi) is 8.07. The first-order valence-corrected chi connectivity index (χ1v) is 16.5. The number of nitrogens with zero attached hydrogens (tertiary/aromatic N) is 4. The van der Waals surface area contributed by atoms with Crippen LogP contribution in [0.15, 0.2) is 49.1 Å². The first-order valence-electron chi connectivity index (χ1n) is 13.6. The van der Waals surface area contributed by atoms with Crippen molar-refractivity contribution < 1.29 is 23.4 Å². The van der Waals surface area contributed by atoms with Crippen molar-refractivity contribution in [2.24, 2.45) is 0 Å². The first kappa shape index (κ1) is 28.4. The average Bonchev–Trinajstić information content (AvgIpc) is 3.61. The molecule has 0 unspecified atom stereocenters. The minimum Gasteiger partial charge on any atom is -0.414 e. The van der Waals surface area contributed by atoms with Crippen LogP contribution in [0.25, 0.3) is 17.2 Å². The van der Waals surface area contributed by atoms with Crippen molar-refractivity contribution in [3.8, 4) is 0 Å². The molecule has 3 aromatic rings. The number of hydrogen-bond donors (Lipinski definition) is 2. The summed E-state index contributed by atoms with van der Waals surface area (Å²) < 4.78 is 27.7. The number of benzene rings is 1. The predicted molar refractivity (Wildman–Crippen MR) is 154 cm³/mol. The van der Waals surface area contributed by atoms with Gasteiger partial charge in [-0.05, 0) is 36.7 Å². The number of urea groups is 1. The summed E-state index contributed by atoms with van der Waals surface area (Å²) in [5.74, 6) is 0.314. The second-order valence-corrected chi connectivity index (χ2v) is 16.3. The number of carbonyl (C=O) groups excluding carboxylic acids is 1. The van der Waals surface area contributed by atoms with E-state index in [-0.39, 0.29) is 23.3 Å². The molecule has 11 nitrogen and oxygen atoms in total. The molecule has 0 radical (unpaired) electrons. The van der Waals surface area contributed by atoms with Crippen molar-refractivity contribution in [2.75, 3.05) is 18.5 Å². The van der Waals surface area contributed by atoms with Gasteiger partial charge in [-0.2, -0.15) is 0 Å². The zero-order valence-electron chi connectivity index (χ0n) is 23.8. The second-order valence-electron chi connectivity index (χ2n) is 11.5. The molecule has 214 valence electrons. The third-order valence-electron chi connectivity index (χ3n) is 7.73. The largest absolute Gasteiger partial charge is 0.414 e. The maximum Gasteiger partial charge on any atom is 0.320 e. The van der Waals surface area contributed by atoms with Gasteiger partial charge in [-0.3, -0.25) is 9.88 Å². The zero-order chi connectivity index (χ0) is 28.5. The number of nitrogens with one attached hydrogen (secondary N) is 2. The quantitative estimate of drug-likeness (QED) is 0.376. The van der Waals surface area contributed by atoms with E-state index in [1.165, 1.54) is 6.33 Å². The molecule has 2 fully saturated rings. The number of fused-ring (bicyclic) bond motifs is 2. The highest BCUT2D eigenvalue weighted by Crippen LogP contribution is 2.43. The van der Waals surface area contributed by atoms with Crippen molar-refractivity contribution >= 4 is 37.4 Å². The summed E-state index contributed by atoms with van der Waals surface area (Å²) in [5, 5.41) is 5.49. The lowest BCUT2D eigenvalue weighted by atomic mass is 10.1. The van der Waals surface area contributed by atoms with E-state index in [1.807, 2.05) is 54.0 Å². The fourth-order valence-corrected chi connectivity index (χ4v) is 5.52. The van der Waals surface area contributed by atoms with Crippen molar-refractivity contribution in [1.82, 2.24) is 24.8 Å². The number of carbonyl (C=O) groups is 1. The molecule has 0 spiro atoms. The predicted octanol–water partition coefficient (Wildman–Crippen LogP) is 4.71. The molecule has 12 heteroatoms. The van der Waals surface area contributed by atoms with E-state index in [0.717, 1.165) is 5.56 Å². The highest BCUT2D eigenvalue weighted by Gasteiger charge is 2.54. The maximum absolute atomic E-state index is 12.1. The molecule has 2 N–H and O–H groups in total. The van der Waals surface area contributed by atoms with Crippen molar-refractivity contribution in [3.05, 3.63) is 54.6 Å². The number of rotatable bonds is 8. The summed E-state index contributed by atoms with van der Waals surface area (Å²) in [4.78, 5) is 25.3. The normalized spacial score (nSPS) is 25.0. The SMILES string of the molecule is CCNC(=O)Nc1ncnc2c1ncn2[C@@H]1O[C@H](CO[Si](C)(C)C(C)(C)C)[C@H]2O[C@H](/C=C/c3ccccc3)O[C@H]21. The zero-order valence-corrected chi connectivity index (χ0v) is 24.8. The summed E-state index contributed by atoms with van der Waals surface area (Å²) >= 11 is 0. The van der Waals surface area contributed by atoms with Gasteiger partial charge in [-0.1, -0.05) is 57.2 Å². The Bertz CT molecular complexity index is 1360. The molecule has 2 amide bonds. The lowest BCUT2D eigenvalue weighted by Gasteiger charge is -2.37. The van der Waals surface area contributed by atoms with Gasteiger partial charge in [-0.25, -0.2) is 19.7 Å². The van der Waals surface area contributed by atoms with Gasteiger partial charge in [-0.15, -0.1) is 0 Å². The van der Waals surface area contributed by atoms with Gasteiger partial charge in [0.15, 0.2) is 37.8 Å². The highest BCUT2D eigenvalue weighted by molar-refractivity contribution is 6.74. The number of imidazole rings is 1. The average molecular weight is 567 g/mol. The molecule has 2 aliphatic rings. The van der Waals surface area contributed by atoms with Crippen LogP contribution in [-0.2, 0) is 18.6 Å². The summed E-state index contributed by atoms with van der Waals surface area (Å²) in [7, 11) is -2.03. The van der Waals surface area contributed by atoms with E-state index >= 15 is 0 Å². The molecule has 0 aliphatic carbocycles. The number of hydrogen-bond acceptors (Lipinski definition) is 8. The Morgan fingerprint density at radius 3 is 2.58 bits per heavy atom. The fourth-order valence-electron chi connectivity index (χ4n) is 4.51. The van der Waals surface area contributed by atoms with E-state index in [4.69, 9.17) is 18.6 Å². The molecule has 0 saturated carbocycles. The Hall–Kier alpha value is -3.16. The van der Waals surface area contributed by atoms with Crippen molar-refractivity contribution in [1.29, 1.82) is 0 Å². The Labute approximate surface area is 235 Å². The van der Waals surface area contributed by atoms with Crippen LogP contribution in [0, 0.1) is 0 Å². The van der Waals surface area contributed by atoms with Gasteiger partial charge in [0.2, 0.25) is 0 Å². The minimum absolute atomic E-state index is 0.0589. The number of anilines is 1. The molecule has 5 rings (SSSR count). The standard InChI is InChI=1S/C28H38N6O5Si/c1-7-29-27(35)33-24-21-25(31-16-30-24)34(17-32-21)26-23-22(19(37-26)15-36-40(5,6)28(2,3)4)38-20(39-23)14-13-18-11-9-8-10-12-18/h8-14,16-17,19-20,22-23,26H,7,15H2,1-6H3,(H2,29,30,31,33,35)/b14-13+/t19-,20+,22-,23-,26-/m1/s1. The fraction of sp³-hybridized carbons (Fsp3) is 0.500. The first-order chi connectivity index (χ1) is 19.1. The maximum atomic E-state index is 12.1. The number of ether oxygens (including phenoxy) is 3. The highest BCUT2D eigenvalue weighted by atomic mass is 28.4. The molecule has 4 heterocycles. The van der Waals surface area contributed by atoms with Gasteiger partial charge in [0.05, 0.1) is 12.9 Å². The van der Waals surface area contributed by atoms with Crippen LogP contribution in [-0.4, -0.2) is 71.6 Å². The van der Waals surface area contributed by atoms with Crippen LogP contribution >= 0.6 is 0 Å². The van der Waals surface area contributed by atoms with Crippen LogP contribution in [0.4, 0.5) is 10.6 Å². The van der Waals surface area contributed by atoms with Crippen LogP contribution in [0.1, 0.15) is 39.5 Å². The van der Waals surface area contributed by atoms with E-state index < -0.39 is 26.9 Å². The molecule has 5 atom stereocenters. The Balaban J connectivity index is 1.41. The number of amides is 2. The second kappa shape index (κ2) is 11.4. The van der Waals surface area contributed by atoms with Crippen LogP contribution in [0.2, 0.25) is 18.1 Å². The molecule has 2 aromatic heterocycles. The molecular weight excluding hydrogens is 528 g/mol. The molecule has 2 aliphatic heterocycles. The molecule has 2 saturated heterocycles. The lowest BCUT2D eigenvalue weighted by molar-refractivity contribution is -0.132. The van der Waals surface area contributed by atoms with Crippen molar-refractivity contribution in [2.45, 2.75) is 76.7 Å². The van der Waals surface area contributed by atoms with Gasteiger partial charge in [0, 0.05) is 6.54 Å². The van der Waals surface area contributed by atoms with Gasteiger partial charge in [0.1, 0.15) is 24.6 Å². The van der Waals surface area contributed by atoms with Crippen LogP contribution in [0.5, 0.6) is 0 Å². The molecular formula is C28H38N6O5Si. The van der Waals surface area contributed by atoms with Crippen LogP contribution < -0.4 is 10.6 Å². The summed E-state index contributed by atoms with van der Waals surface area (Å²) in [6.45, 7) is 13.8. The lowest BCUT2D eigenvalue weighted by Crippen LogP contribution is -2.44. The minimum atomic E-state index is -2.03. The Morgan fingerprint density at radius 1 is 1.10 bits per heavy atom. The smallest absolute Gasteiger partial charge is 0.320 e. The van der Waals surface area contributed by atoms with E-state index in [9.17, 15) is 4.79 Å². The van der Waals surface area contributed by atoms with Gasteiger partial charge < -0.3 is 24.0 Å². The van der Waals surface area contributed by atoms with Gasteiger partial charge >= 0.3 is 6.03 Å². The van der Waals surface area contributed by atoms with Crippen LogP contribution in [0.3, 0.4) is 0 Å². The van der Waals surface area contributed by atoms with Gasteiger partial charge in [0.25, 0.3) is 0 Å². The summed E-state index contributed by atoms with van der Waals surface area (Å²) in [5.41, 5.74) is 2.03. The van der Waals surface area contributed by atoms with E-state index in [2.05, 4.69) is 59.5 Å². The molecule has 1 aromatic carbocycles. The summed E-state index contributed by atoms with van der Waals surface area (Å²) in [6.07, 6.45) is 4.69. The third kappa shape index (κ3) is 5.81. The monoisotopic (exact) mass is 566 g/mol. The topological polar surface area (TPSA) is 122 Å². The number of aromatic nitrogens is 4. The summed E-state index contributed by atoms with van der Waals surface area (Å²) in [6, 6.07) is 9.65. The third-order valence-corrected chi connectivity index (χ3v) is 12.2. The molecule has 40 heavy (non-hydrogen) atoms. The molecule has 0 bridgehead atoms. The Morgan fingerprint density at radius 2 is 1.85 bits per heavy atom. The van der Waals surface area contributed by atoms with Crippen molar-refractivity contribution in [3.63, 3.8) is 0 Å².